The number of oxazole rings is 1. The minimum atomic E-state index is 0.287. The summed E-state index contributed by atoms with van der Waals surface area (Å²) in [5.74, 6) is 2.29. The van der Waals surface area contributed by atoms with Crippen molar-refractivity contribution in [3.63, 3.8) is 0 Å². The Labute approximate surface area is 199 Å². The molecule has 3 N–H and O–H groups in total. The van der Waals surface area contributed by atoms with Gasteiger partial charge in [0.2, 0.25) is 5.89 Å². The van der Waals surface area contributed by atoms with E-state index in [1.54, 1.807) is 6.20 Å². The Balaban J connectivity index is 1.32. The number of nitrogens with one attached hydrogen (secondary N) is 3. The monoisotopic (exact) mass is 454 g/mol. The third-order valence-corrected chi connectivity index (χ3v) is 7.01. The number of hydrogen-bond donors (Lipinski definition) is 3. The van der Waals surface area contributed by atoms with E-state index in [4.69, 9.17) is 14.4 Å². The molecule has 2 aliphatic heterocycles. The molecular formula is C27H30N6O. The summed E-state index contributed by atoms with van der Waals surface area (Å²) in [5.41, 5.74) is 7.03. The summed E-state index contributed by atoms with van der Waals surface area (Å²) >= 11 is 0. The van der Waals surface area contributed by atoms with Gasteiger partial charge in [-0.1, -0.05) is 18.2 Å². The van der Waals surface area contributed by atoms with E-state index in [9.17, 15) is 0 Å². The van der Waals surface area contributed by atoms with Gasteiger partial charge < -0.3 is 20.0 Å². The molecule has 0 unspecified atom stereocenters. The lowest BCUT2D eigenvalue weighted by atomic mass is 10.1. The average Bonchev–Trinajstić information content (AvgIpc) is 3.66. The number of rotatable bonds is 5. The summed E-state index contributed by atoms with van der Waals surface area (Å²) in [6.45, 7) is 6.32. The number of benzene rings is 2. The number of nitrogens with zero attached hydrogens (tertiary/aromatic N) is 3. The number of imidazole rings is 1. The van der Waals surface area contributed by atoms with Crippen LogP contribution >= 0.6 is 0 Å². The third kappa shape index (κ3) is 3.95. The molecule has 0 saturated carbocycles. The number of aromatic nitrogens is 3. The van der Waals surface area contributed by atoms with Crippen molar-refractivity contribution < 1.29 is 4.42 Å². The number of hydrogen-bond acceptors (Lipinski definition) is 6. The zero-order valence-corrected chi connectivity index (χ0v) is 19.7. The van der Waals surface area contributed by atoms with Crippen LogP contribution in [0, 0.1) is 6.92 Å². The lowest BCUT2D eigenvalue weighted by Gasteiger charge is -2.11. The summed E-state index contributed by atoms with van der Waals surface area (Å²) in [6, 6.07) is 13.0. The van der Waals surface area contributed by atoms with Crippen LogP contribution in [-0.2, 0) is 0 Å². The molecule has 2 aromatic carbocycles. The van der Waals surface area contributed by atoms with Crippen molar-refractivity contribution in [1.29, 1.82) is 0 Å². The largest absolute Gasteiger partial charge is 0.436 e. The number of aliphatic imine (C=N–C) groups is 1. The van der Waals surface area contributed by atoms with Crippen molar-refractivity contribution in [2.24, 2.45) is 4.99 Å². The molecule has 2 atom stereocenters. The number of fused-ring (bicyclic) bond motifs is 1. The molecule has 2 aliphatic rings. The van der Waals surface area contributed by atoms with E-state index in [1.807, 2.05) is 12.1 Å². The predicted octanol–water partition coefficient (Wildman–Crippen LogP) is 5.46. The molecule has 0 amide bonds. The third-order valence-electron chi connectivity index (χ3n) is 7.01. The highest BCUT2D eigenvalue weighted by Crippen LogP contribution is 2.34. The van der Waals surface area contributed by atoms with Gasteiger partial charge in [-0.15, -0.1) is 0 Å². The summed E-state index contributed by atoms with van der Waals surface area (Å²) in [6.07, 6.45) is 6.43. The van der Waals surface area contributed by atoms with Crippen LogP contribution in [0.1, 0.15) is 50.0 Å². The Morgan fingerprint density at radius 3 is 2.79 bits per heavy atom. The molecule has 2 fully saturated rings. The quantitative estimate of drug-likeness (QED) is 0.348. The Kier molecular flexibility index (Phi) is 5.51. The van der Waals surface area contributed by atoms with Crippen LogP contribution in [0.4, 0.5) is 5.69 Å². The Hall–Kier alpha value is -3.29. The summed E-state index contributed by atoms with van der Waals surface area (Å²) in [4.78, 5) is 17.9. The molecule has 4 aromatic rings. The Morgan fingerprint density at radius 2 is 1.97 bits per heavy atom. The van der Waals surface area contributed by atoms with Gasteiger partial charge in [-0.2, -0.15) is 0 Å². The number of para-hydroxylation sites is 1. The van der Waals surface area contributed by atoms with Crippen LogP contribution in [0.15, 0.2) is 52.0 Å². The van der Waals surface area contributed by atoms with Gasteiger partial charge in [-0.3, -0.25) is 4.99 Å². The average molecular weight is 455 g/mol. The van der Waals surface area contributed by atoms with Gasteiger partial charge >= 0.3 is 0 Å². The Morgan fingerprint density at radius 1 is 1.09 bits per heavy atom. The van der Waals surface area contributed by atoms with E-state index in [0.29, 0.717) is 11.9 Å². The van der Waals surface area contributed by atoms with Crippen molar-refractivity contribution in [2.75, 3.05) is 13.1 Å². The van der Waals surface area contributed by atoms with E-state index in [2.05, 4.69) is 58.7 Å². The van der Waals surface area contributed by atoms with Crippen LogP contribution in [0.25, 0.3) is 33.8 Å². The molecule has 7 heteroatoms. The van der Waals surface area contributed by atoms with Crippen molar-refractivity contribution in [2.45, 2.75) is 51.6 Å². The molecule has 174 valence electrons. The van der Waals surface area contributed by atoms with Crippen LogP contribution in [-0.4, -0.2) is 39.8 Å². The fourth-order valence-electron chi connectivity index (χ4n) is 5.03. The molecule has 0 spiro atoms. The highest BCUT2D eigenvalue weighted by molar-refractivity contribution is 5.91. The molecule has 2 saturated heterocycles. The van der Waals surface area contributed by atoms with E-state index >= 15 is 0 Å². The lowest BCUT2D eigenvalue weighted by molar-refractivity contribution is 0.589. The molecule has 2 aromatic heterocycles. The van der Waals surface area contributed by atoms with E-state index in [1.165, 1.54) is 12.8 Å². The zero-order chi connectivity index (χ0) is 23.1. The van der Waals surface area contributed by atoms with Crippen molar-refractivity contribution in [1.82, 2.24) is 25.6 Å². The minimum absolute atomic E-state index is 0.287. The number of H-pyrrole nitrogens is 1. The topological polar surface area (TPSA) is 91.1 Å². The summed E-state index contributed by atoms with van der Waals surface area (Å²) in [5, 5.41) is 7.04. The van der Waals surface area contributed by atoms with Crippen LogP contribution < -0.4 is 10.6 Å². The summed E-state index contributed by atoms with van der Waals surface area (Å²) in [7, 11) is 0. The van der Waals surface area contributed by atoms with Crippen molar-refractivity contribution >= 4 is 22.4 Å². The van der Waals surface area contributed by atoms with E-state index in [0.717, 1.165) is 76.6 Å². The Bertz CT molecular complexity index is 1350. The second-order valence-corrected chi connectivity index (χ2v) is 9.41. The van der Waals surface area contributed by atoms with Crippen molar-refractivity contribution in [3.8, 4) is 22.8 Å². The first-order chi connectivity index (χ1) is 16.7. The van der Waals surface area contributed by atoms with Gasteiger partial charge in [0.1, 0.15) is 11.3 Å². The van der Waals surface area contributed by atoms with Crippen LogP contribution in [0.5, 0.6) is 0 Å². The first-order valence-corrected chi connectivity index (χ1v) is 12.2. The molecule has 0 aliphatic carbocycles. The molecule has 7 nitrogen and oxygen atoms in total. The lowest BCUT2D eigenvalue weighted by Crippen LogP contribution is -2.28. The van der Waals surface area contributed by atoms with Gasteiger partial charge in [0.05, 0.1) is 29.0 Å². The fourth-order valence-corrected chi connectivity index (χ4v) is 5.03. The first kappa shape index (κ1) is 21.3. The maximum absolute atomic E-state index is 6.26. The maximum atomic E-state index is 6.26. The van der Waals surface area contributed by atoms with Crippen LogP contribution in [0.2, 0.25) is 0 Å². The standard InChI is InChI=1S/C27H30N6O/c1-16-10-11-18(14-23(16)31-17(2)20-8-4-12-28-20)24-15-30-27(34-24)19-6-3-7-21-25(19)33-26(32-21)22-9-5-13-29-22/h3,6-7,10-11,14-15,20,22,28-29H,4-5,8-9,12-13H2,1-2H3,(H,32,33)/t20-,22-/m0/s1. The molecule has 34 heavy (non-hydrogen) atoms. The molecule has 4 heterocycles. The second-order valence-electron chi connectivity index (χ2n) is 9.41. The normalized spacial score (nSPS) is 21.1. The highest BCUT2D eigenvalue weighted by Gasteiger charge is 2.22. The SMILES string of the molecule is CC(=Nc1cc(-c2cnc(-c3cccc4[nH]c([C@@H]5CCCN5)nc34)o2)ccc1C)[C@@H]1CCCN1. The number of aromatic amines is 1. The smallest absolute Gasteiger partial charge is 0.228 e. The fraction of sp³-hybridized carbons (Fsp3) is 0.370. The molecular weight excluding hydrogens is 424 g/mol. The molecule has 0 bridgehead atoms. The highest BCUT2D eigenvalue weighted by atomic mass is 16.4. The summed E-state index contributed by atoms with van der Waals surface area (Å²) < 4.78 is 6.26. The minimum Gasteiger partial charge on any atom is -0.436 e. The number of aryl methyl sites for hydroxylation is 1. The van der Waals surface area contributed by atoms with Gasteiger partial charge in [-0.25, -0.2) is 9.97 Å². The second kappa shape index (κ2) is 8.81. The van der Waals surface area contributed by atoms with Crippen molar-refractivity contribution in [3.05, 3.63) is 54.0 Å². The predicted molar refractivity (Wildman–Crippen MR) is 136 cm³/mol. The molecule has 6 rings (SSSR count). The van der Waals surface area contributed by atoms with E-state index < -0.39 is 0 Å². The van der Waals surface area contributed by atoms with Gasteiger partial charge in [-0.05, 0) is 76.4 Å². The van der Waals surface area contributed by atoms with Gasteiger partial charge in [0.15, 0.2) is 5.76 Å². The van der Waals surface area contributed by atoms with E-state index in [-0.39, 0.29) is 6.04 Å². The zero-order valence-electron chi connectivity index (χ0n) is 19.7. The van der Waals surface area contributed by atoms with Gasteiger partial charge in [0, 0.05) is 17.3 Å². The molecule has 0 radical (unpaired) electrons. The maximum Gasteiger partial charge on any atom is 0.228 e. The van der Waals surface area contributed by atoms with Crippen LogP contribution in [0.3, 0.4) is 0 Å². The van der Waals surface area contributed by atoms with Gasteiger partial charge in [0.25, 0.3) is 0 Å². The first-order valence-electron chi connectivity index (χ1n) is 12.2.